The minimum absolute atomic E-state index is 0.240. The van der Waals surface area contributed by atoms with E-state index in [1.165, 1.54) is 4.57 Å². The summed E-state index contributed by atoms with van der Waals surface area (Å²) in [6.07, 6.45) is 1.63. The van der Waals surface area contributed by atoms with Gasteiger partial charge in [0, 0.05) is 21.4 Å². The Labute approximate surface area is 134 Å². The van der Waals surface area contributed by atoms with Crippen LogP contribution in [0.25, 0.3) is 21.9 Å². The summed E-state index contributed by atoms with van der Waals surface area (Å²) in [6.45, 7) is 0. The molecule has 4 rings (SSSR count). The summed E-state index contributed by atoms with van der Waals surface area (Å²) in [5, 5.41) is 1.73. The van der Waals surface area contributed by atoms with Gasteiger partial charge in [0.2, 0.25) is 0 Å². The maximum atomic E-state index is 12.8. The first-order chi connectivity index (χ1) is 10.6. The smallest absolute Gasteiger partial charge is 0.298 e. The fourth-order valence-electron chi connectivity index (χ4n) is 2.62. The van der Waals surface area contributed by atoms with Gasteiger partial charge in [-0.2, -0.15) is 0 Å². The summed E-state index contributed by atoms with van der Waals surface area (Å²) in [7, 11) is 0. The molecule has 4 aromatic rings. The Kier molecular flexibility index (Phi) is 2.84. The lowest BCUT2D eigenvalue weighted by Crippen LogP contribution is -2.09. The predicted molar refractivity (Wildman–Crippen MR) is 90.0 cm³/mol. The molecule has 0 amide bonds. The predicted octanol–water partition coefficient (Wildman–Crippen LogP) is 4.42. The highest BCUT2D eigenvalue weighted by Gasteiger charge is 2.18. The Morgan fingerprint density at radius 3 is 2.73 bits per heavy atom. The molecular formula is C17H11BrN2O2. The van der Waals surface area contributed by atoms with Crippen LogP contribution in [0.5, 0.6) is 0 Å². The van der Waals surface area contributed by atoms with E-state index >= 15 is 0 Å². The van der Waals surface area contributed by atoms with E-state index in [2.05, 4.69) is 15.9 Å². The van der Waals surface area contributed by atoms with Crippen LogP contribution in [0.2, 0.25) is 0 Å². The van der Waals surface area contributed by atoms with Crippen molar-refractivity contribution in [2.75, 3.05) is 5.73 Å². The number of hydrogen-bond acceptors (Lipinski definition) is 3. The van der Waals surface area contributed by atoms with Crippen molar-refractivity contribution in [1.29, 1.82) is 0 Å². The highest BCUT2D eigenvalue weighted by atomic mass is 79.9. The number of aromatic nitrogens is 1. The second kappa shape index (κ2) is 4.74. The maximum absolute atomic E-state index is 12.8. The highest BCUT2D eigenvalue weighted by molar-refractivity contribution is 9.10. The van der Waals surface area contributed by atoms with Crippen LogP contribution in [0.4, 0.5) is 5.69 Å². The highest BCUT2D eigenvalue weighted by Crippen LogP contribution is 2.29. The van der Waals surface area contributed by atoms with Gasteiger partial charge in [-0.05, 0) is 24.3 Å². The van der Waals surface area contributed by atoms with Gasteiger partial charge < -0.3 is 10.2 Å². The zero-order chi connectivity index (χ0) is 15.3. The number of para-hydroxylation sites is 1. The van der Waals surface area contributed by atoms with Gasteiger partial charge in [0.25, 0.3) is 5.91 Å². The molecule has 4 nitrogen and oxygen atoms in total. The van der Waals surface area contributed by atoms with Gasteiger partial charge in [-0.25, -0.2) is 0 Å². The van der Waals surface area contributed by atoms with Crippen molar-refractivity contribution in [3.8, 4) is 0 Å². The molecule has 0 fully saturated rings. The van der Waals surface area contributed by atoms with Crippen molar-refractivity contribution in [3.63, 3.8) is 0 Å². The third kappa shape index (κ3) is 1.86. The molecule has 22 heavy (non-hydrogen) atoms. The average Bonchev–Trinajstić information content (AvgIpc) is 3.10. The molecule has 0 aliphatic rings. The summed E-state index contributed by atoms with van der Waals surface area (Å²) in [5.74, 6) is 0.0404. The summed E-state index contributed by atoms with van der Waals surface area (Å²) >= 11 is 3.46. The van der Waals surface area contributed by atoms with Crippen LogP contribution >= 0.6 is 15.9 Å². The van der Waals surface area contributed by atoms with Gasteiger partial charge in [0.1, 0.15) is 5.58 Å². The zero-order valence-electron chi connectivity index (χ0n) is 11.4. The molecule has 0 spiro atoms. The molecule has 108 valence electrons. The van der Waals surface area contributed by atoms with Crippen molar-refractivity contribution in [2.45, 2.75) is 0 Å². The molecule has 2 heterocycles. The molecule has 0 saturated heterocycles. The van der Waals surface area contributed by atoms with Gasteiger partial charge in [-0.15, -0.1) is 0 Å². The number of carbonyl (C=O) groups is 1. The first-order valence-corrected chi connectivity index (χ1v) is 7.53. The van der Waals surface area contributed by atoms with E-state index in [0.717, 1.165) is 20.8 Å². The topological polar surface area (TPSA) is 61.2 Å². The molecule has 0 aliphatic carbocycles. The van der Waals surface area contributed by atoms with E-state index in [4.69, 9.17) is 10.2 Å². The van der Waals surface area contributed by atoms with E-state index in [9.17, 15) is 4.79 Å². The van der Waals surface area contributed by atoms with Crippen LogP contribution < -0.4 is 5.73 Å². The number of nitrogens with zero attached hydrogens (tertiary/aromatic N) is 1. The van der Waals surface area contributed by atoms with E-state index in [1.807, 2.05) is 42.5 Å². The van der Waals surface area contributed by atoms with Crippen LogP contribution in [-0.4, -0.2) is 10.5 Å². The third-order valence-corrected chi connectivity index (χ3v) is 4.37. The van der Waals surface area contributed by atoms with Crippen LogP contribution in [0, 0.1) is 0 Å². The van der Waals surface area contributed by atoms with Gasteiger partial charge in [0.15, 0.2) is 5.76 Å². The molecule has 0 bridgehead atoms. The quantitative estimate of drug-likeness (QED) is 0.550. The van der Waals surface area contributed by atoms with Gasteiger partial charge >= 0.3 is 0 Å². The van der Waals surface area contributed by atoms with Crippen molar-refractivity contribution in [1.82, 2.24) is 4.57 Å². The van der Waals surface area contributed by atoms with Crippen LogP contribution in [-0.2, 0) is 0 Å². The minimum atomic E-state index is -0.240. The number of anilines is 1. The summed E-state index contributed by atoms with van der Waals surface area (Å²) < 4.78 is 8.10. The zero-order valence-corrected chi connectivity index (χ0v) is 13.0. The molecular weight excluding hydrogens is 344 g/mol. The SMILES string of the molecule is Nc1cn(C(=O)c2cc3c(Br)cccc3o2)c2ccccc12. The van der Waals surface area contributed by atoms with Gasteiger partial charge in [0.05, 0.1) is 11.2 Å². The van der Waals surface area contributed by atoms with Crippen LogP contribution in [0.3, 0.4) is 0 Å². The summed E-state index contributed by atoms with van der Waals surface area (Å²) in [6, 6.07) is 14.9. The summed E-state index contributed by atoms with van der Waals surface area (Å²) in [4.78, 5) is 12.8. The minimum Gasteiger partial charge on any atom is -0.451 e. The molecule has 0 unspecified atom stereocenters. The molecule has 5 heteroatoms. The number of nitrogens with two attached hydrogens (primary N) is 1. The first kappa shape index (κ1) is 13.2. The molecule has 0 atom stereocenters. The lowest BCUT2D eigenvalue weighted by atomic mass is 10.2. The monoisotopic (exact) mass is 354 g/mol. The van der Waals surface area contributed by atoms with Crippen LogP contribution in [0.15, 0.2) is 63.6 Å². The number of nitrogen functional groups attached to an aromatic ring is 1. The third-order valence-electron chi connectivity index (χ3n) is 3.68. The van der Waals surface area contributed by atoms with E-state index in [-0.39, 0.29) is 11.7 Å². The molecule has 0 saturated carbocycles. The first-order valence-electron chi connectivity index (χ1n) is 6.73. The number of carbonyl (C=O) groups excluding carboxylic acids is 1. The number of hydrogen-bond donors (Lipinski definition) is 1. The Bertz CT molecular complexity index is 1030. The number of halogens is 1. The number of rotatable bonds is 1. The largest absolute Gasteiger partial charge is 0.451 e. The number of fused-ring (bicyclic) bond motifs is 2. The maximum Gasteiger partial charge on any atom is 0.298 e. The lowest BCUT2D eigenvalue weighted by molar-refractivity contribution is 0.0940. The van der Waals surface area contributed by atoms with Crippen molar-refractivity contribution in [2.24, 2.45) is 0 Å². The lowest BCUT2D eigenvalue weighted by Gasteiger charge is -2.00. The Hall–Kier alpha value is -2.53. The Balaban J connectivity index is 1.90. The average molecular weight is 355 g/mol. The molecule has 2 aromatic carbocycles. The van der Waals surface area contributed by atoms with Crippen molar-refractivity contribution < 1.29 is 9.21 Å². The van der Waals surface area contributed by atoms with E-state index in [0.29, 0.717) is 11.3 Å². The van der Waals surface area contributed by atoms with E-state index < -0.39 is 0 Å². The Morgan fingerprint density at radius 1 is 1.09 bits per heavy atom. The van der Waals surface area contributed by atoms with Gasteiger partial charge in [-0.1, -0.05) is 40.2 Å². The molecule has 2 aromatic heterocycles. The molecule has 0 aliphatic heterocycles. The van der Waals surface area contributed by atoms with E-state index in [1.54, 1.807) is 12.3 Å². The van der Waals surface area contributed by atoms with Crippen molar-refractivity contribution >= 4 is 49.4 Å². The molecule has 2 N–H and O–H groups in total. The normalized spacial score (nSPS) is 11.3. The van der Waals surface area contributed by atoms with Gasteiger partial charge in [-0.3, -0.25) is 9.36 Å². The fourth-order valence-corrected chi connectivity index (χ4v) is 3.09. The second-order valence-corrected chi connectivity index (χ2v) is 5.89. The standard InChI is InChI=1S/C17H11BrN2O2/c18-12-5-3-7-15-11(12)8-16(22-15)17(21)20-9-13(19)10-4-1-2-6-14(10)20/h1-9H,19H2. The fraction of sp³-hybridized carbons (Fsp3) is 0. The summed E-state index contributed by atoms with van der Waals surface area (Å²) in [5.41, 5.74) is 7.99. The second-order valence-electron chi connectivity index (χ2n) is 5.04. The molecule has 0 radical (unpaired) electrons. The Morgan fingerprint density at radius 2 is 1.91 bits per heavy atom. The van der Waals surface area contributed by atoms with Crippen LogP contribution in [0.1, 0.15) is 10.6 Å². The number of benzene rings is 2. The number of furan rings is 1. The van der Waals surface area contributed by atoms with Crippen molar-refractivity contribution in [3.05, 3.63) is 65.0 Å².